The molecule has 3 nitrogen and oxygen atoms in total. The summed E-state index contributed by atoms with van der Waals surface area (Å²) in [6.45, 7) is 3.36. The first-order valence-electron chi connectivity index (χ1n) is 5.85. The molecule has 0 saturated heterocycles. The van der Waals surface area contributed by atoms with E-state index in [4.69, 9.17) is 4.74 Å². The SMILES string of the molecule is CCOc1ccc(NCc2cccc(Br)c2)cn1. The molecule has 4 heteroatoms. The Morgan fingerprint density at radius 3 is 2.83 bits per heavy atom. The number of anilines is 1. The molecule has 0 unspecified atom stereocenters. The highest BCUT2D eigenvalue weighted by atomic mass is 79.9. The highest BCUT2D eigenvalue weighted by molar-refractivity contribution is 9.10. The van der Waals surface area contributed by atoms with Crippen molar-refractivity contribution in [1.29, 1.82) is 0 Å². The summed E-state index contributed by atoms with van der Waals surface area (Å²) in [5.74, 6) is 0.658. The van der Waals surface area contributed by atoms with Crippen LogP contribution in [0.15, 0.2) is 47.1 Å². The average Bonchev–Trinajstić information content (AvgIpc) is 2.38. The van der Waals surface area contributed by atoms with Crippen molar-refractivity contribution in [2.75, 3.05) is 11.9 Å². The van der Waals surface area contributed by atoms with E-state index < -0.39 is 0 Å². The van der Waals surface area contributed by atoms with E-state index in [1.807, 2.05) is 31.2 Å². The second kappa shape index (κ2) is 6.40. The van der Waals surface area contributed by atoms with Crippen molar-refractivity contribution in [2.24, 2.45) is 0 Å². The molecule has 1 heterocycles. The average molecular weight is 307 g/mol. The zero-order chi connectivity index (χ0) is 12.8. The lowest BCUT2D eigenvalue weighted by Gasteiger charge is -2.07. The summed E-state index contributed by atoms with van der Waals surface area (Å²) in [6.07, 6.45) is 1.78. The van der Waals surface area contributed by atoms with Crippen LogP contribution in [0.2, 0.25) is 0 Å². The third-order valence-corrected chi connectivity index (χ3v) is 2.91. The zero-order valence-corrected chi connectivity index (χ0v) is 11.8. The first kappa shape index (κ1) is 12.9. The van der Waals surface area contributed by atoms with Crippen LogP contribution in [0, 0.1) is 0 Å². The van der Waals surface area contributed by atoms with Gasteiger partial charge in [-0.2, -0.15) is 0 Å². The Kier molecular flexibility index (Phi) is 4.59. The molecular weight excluding hydrogens is 292 g/mol. The number of nitrogens with one attached hydrogen (secondary N) is 1. The van der Waals surface area contributed by atoms with Gasteiger partial charge in [0.25, 0.3) is 0 Å². The topological polar surface area (TPSA) is 34.1 Å². The molecule has 0 bridgehead atoms. The minimum Gasteiger partial charge on any atom is -0.478 e. The number of hydrogen-bond donors (Lipinski definition) is 1. The van der Waals surface area contributed by atoms with E-state index in [0.29, 0.717) is 12.5 Å². The first-order chi connectivity index (χ1) is 8.78. The molecule has 0 saturated carbocycles. The number of halogens is 1. The fourth-order valence-corrected chi connectivity index (χ4v) is 2.02. The summed E-state index contributed by atoms with van der Waals surface area (Å²) < 4.78 is 6.38. The van der Waals surface area contributed by atoms with E-state index in [-0.39, 0.29) is 0 Å². The maximum absolute atomic E-state index is 5.29. The summed E-state index contributed by atoms with van der Waals surface area (Å²) >= 11 is 3.46. The molecule has 0 amide bonds. The summed E-state index contributed by atoms with van der Waals surface area (Å²) in [5.41, 5.74) is 2.21. The van der Waals surface area contributed by atoms with Gasteiger partial charge in [0.05, 0.1) is 18.5 Å². The molecule has 1 aromatic carbocycles. The summed E-state index contributed by atoms with van der Waals surface area (Å²) in [7, 11) is 0. The second-order valence-corrected chi connectivity index (χ2v) is 4.72. The highest BCUT2D eigenvalue weighted by Gasteiger charge is 1.97. The lowest BCUT2D eigenvalue weighted by atomic mass is 10.2. The Bertz CT molecular complexity index is 499. The first-order valence-corrected chi connectivity index (χ1v) is 6.64. The molecule has 18 heavy (non-hydrogen) atoms. The van der Waals surface area contributed by atoms with Crippen molar-refractivity contribution in [3.8, 4) is 5.88 Å². The number of hydrogen-bond acceptors (Lipinski definition) is 3. The van der Waals surface area contributed by atoms with E-state index in [0.717, 1.165) is 16.7 Å². The number of rotatable bonds is 5. The fourth-order valence-electron chi connectivity index (χ4n) is 1.57. The molecular formula is C14H15BrN2O. The smallest absolute Gasteiger partial charge is 0.213 e. The monoisotopic (exact) mass is 306 g/mol. The standard InChI is InChI=1S/C14H15BrN2O/c1-2-18-14-7-6-13(10-17-14)16-9-11-4-3-5-12(15)8-11/h3-8,10,16H,2,9H2,1H3. The van der Waals surface area contributed by atoms with Crippen LogP contribution in [0.1, 0.15) is 12.5 Å². The van der Waals surface area contributed by atoms with Crippen LogP contribution in [-0.4, -0.2) is 11.6 Å². The summed E-state index contributed by atoms with van der Waals surface area (Å²) in [6, 6.07) is 12.1. The fraction of sp³-hybridized carbons (Fsp3) is 0.214. The molecule has 0 aliphatic rings. The van der Waals surface area contributed by atoms with Crippen LogP contribution in [0.5, 0.6) is 5.88 Å². The minimum atomic E-state index is 0.637. The Hall–Kier alpha value is -1.55. The minimum absolute atomic E-state index is 0.637. The molecule has 2 rings (SSSR count). The van der Waals surface area contributed by atoms with Crippen molar-refractivity contribution in [3.63, 3.8) is 0 Å². The predicted octanol–water partition coefficient (Wildman–Crippen LogP) is 3.85. The van der Waals surface area contributed by atoms with Crippen LogP contribution < -0.4 is 10.1 Å². The van der Waals surface area contributed by atoms with Crippen LogP contribution in [0.3, 0.4) is 0 Å². The van der Waals surface area contributed by atoms with Gasteiger partial charge in [0.1, 0.15) is 0 Å². The van der Waals surface area contributed by atoms with Gasteiger partial charge in [0.15, 0.2) is 0 Å². The molecule has 0 radical (unpaired) electrons. The van der Waals surface area contributed by atoms with Crippen LogP contribution >= 0.6 is 15.9 Å². The van der Waals surface area contributed by atoms with Crippen LogP contribution in [-0.2, 0) is 6.54 Å². The van der Waals surface area contributed by atoms with Gasteiger partial charge in [-0.25, -0.2) is 4.98 Å². The second-order valence-electron chi connectivity index (χ2n) is 3.80. The van der Waals surface area contributed by atoms with Crippen molar-refractivity contribution < 1.29 is 4.74 Å². The third kappa shape index (κ3) is 3.74. The van der Waals surface area contributed by atoms with Gasteiger partial charge in [-0.15, -0.1) is 0 Å². The molecule has 94 valence electrons. The Morgan fingerprint density at radius 1 is 1.28 bits per heavy atom. The van der Waals surface area contributed by atoms with Gasteiger partial charge >= 0.3 is 0 Å². The van der Waals surface area contributed by atoms with E-state index in [2.05, 4.69) is 38.4 Å². The van der Waals surface area contributed by atoms with Crippen LogP contribution in [0.25, 0.3) is 0 Å². The Labute approximate surface area is 115 Å². The Balaban J connectivity index is 1.93. The molecule has 1 N–H and O–H groups in total. The van der Waals surface area contributed by atoms with Gasteiger partial charge in [-0.05, 0) is 30.7 Å². The Morgan fingerprint density at radius 2 is 2.17 bits per heavy atom. The normalized spacial score (nSPS) is 10.1. The largest absolute Gasteiger partial charge is 0.478 e. The number of aromatic nitrogens is 1. The van der Waals surface area contributed by atoms with Crippen LogP contribution in [0.4, 0.5) is 5.69 Å². The lowest BCUT2D eigenvalue weighted by molar-refractivity contribution is 0.327. The quantitative estimate of drug-likeness (QED) is 0.911. The molecule has 2 aromatic rings. The summed E-state index contributed by atoms with van der Waals surface area (Å²) in [5, 5.41) is 3.32. The van der Waals surface area contributed by atoms with Crippen molar-refractivity contribution in [1.82, 2.24) is 4.98 Å². The van der Waals surface area contributed by atoms with Gasteiger partial charge in [0, 0.05) is 17.1 Å². The van der Waals surface area contributed by atoms with E-state index in [9.17, 15) is 0 Å². The van der Waals surface area contributed by atoms with E-state index >= 15 is 0 Å². The van der Waals surface area contributed by atoms with Crippen molar-refractivity contribution >= 4 is 21.6 Å². The maximum atomic E-state index is 5.29. The number of pyridine rings is 1. The highest BCUT2D eigenvalue weighted by Crippen LogP contribution is 2.15. The number of benzene rings is 1. The maximum Gasteiger partial charge on any atom is 0.213 e. The summed E-state index contributed by atoms with van der Waals surface area (Å²) in [4.78, 5) is 4.20. The molecule has 0 aliphatic carbocycles. The molecule has 1 aromatic heterocycles. The molecule has 0 fully saturated rings. The molecule has 0 atom stereocenters. The zero-order valence-electron chi connectivity index (χ0n) is 10.2. The van der Waals surface area contributed by atoms with E-state index in [1.54, 1.807) is 6.20 Å². The van der Waals surface area contributed by atoms with Gasteiger partial charge in [0.2, 0.25) is 5.88 Å². The van der Waals surface area contributed by atoms with Crippen molar-refractivity contribution in [2.45, 2.75) is 13.5 Å². The molecule has 0 aliphatic heterocycles. The third-order valence-electron chi connectivity index (χ3n) is 2.41. The number of nitrogens with zero attached hydrogens (tertiary/aromatic N) is 1. The van der Waals surface area contributed by atoms with Gasteiger partial charge in [-0.1, -0.05) is 28.1 Å². The number of ether oxygens (including phenoxy) is 1. The lowest BCUT2D eigenvalue weighted by Crippen LogP contribution is -2.00. The molecule has 0 spiro atoms. The van der Waals surface area contributed by atoms with Crippen molar-refractivity contribution in [3.05, 3.63) is 52.6 Å². The van der Waals surface area contributed by atoms with Gasteiger partial charge in [-0.3, -0.25) is 0 Å². The van der Waals surface area contributed by atoms with E-state index in [1.165, 1.54) is 5.56 Å². The van der Waals surface area contributed by atoms with Gasteiger partial charge < -0.3 is 10.1 Å². The predicted molar refractivity (Wildman–Crippen MR) is 76.9 cm³/mol.